The van der Waals surface area contributed by atoms with Crippen molar-refractivity contribution < 1.29 is 4.79 Å². The van der Waals surface area contributed by atoms with E-state index in [9.17, 15) is 4.79 Å². The van der Waals surface area contributed by atoms with Gasteiger partial charge >= 0.3 is 0 Å². The molecule has 4 atom stereocenters. The van der Waals surface area contributed by atoms with Crippen LogP contribution in [0, 0.1) is 23.7 Å². The molecule has 0 aliphatic heterocycles. The third-order valence-electron chi connectivity index (χ3n) is 3.28. The Morgan fingerprint density at radius 2 is 2.00 bits per heavy atom. The minimum absolute atomic E-state index is 0.278. The Bertz CT molecular complexity index is 275. The van der Waals surface area contributed by atoms with E-state index in [2.05, 4.69) is 24.3 Å². The summed E-state index contributed by atoms with van der Waals surface area (Å²) in [7, 11) is 0. The van der Waals surface area contributed by atoms with E-state index in [4.69, 9.17) is 0 Å². The van der Waals surface area contributed by atoms with Gasteiger partial charge in [-0.15, -0.1) is 0 Å². The van der Waals surface area contributed by atoms with Crippen molar-refractivity contribution in [2.45, 2.75) is 6.42 Å². The molecule has 56 valence electrons. The average molecular weight is 146 g/mol. The molecule has 1 unspecified atom stereocenters. The number of allylic oxidation sites excluding steroid dienone is 4. The van der Waals surface area contributed by atoms with Gasteiger partial charge in [-0.2, -0.15) is 0 Å². The standard InChI is InChI=1S/C10H10O/c11-9-5-7-2-1-6-3-4-8(9)10(6)7/h1-4,6-8,10H,5H2/t6-,7+,8-,10?/m1/s1. The van der Waals surface area contributed by atoms with Crippen LogP contribution in [0.4, 0.5) is 0 Å². The van der Waals surface area contributed by atoms with E-state index in [0.717, 1.165) is 6.42 Å². The maximum Gasteiger partial charge on any atom is 0.140 e. The minimum atomic E-state index is 0.278. The normalized spacial score (nSPS) is 50.7. The molecule has 0 aromatic heterocycles. The summed E-state index contributed by atoms with van der Waals surface area (Å²) in [5, 5.41) is 0. The van der Waals surface area contributed by atoms with Gasteiger partial charge < -0.3 is 0 Å². The topological polar surface area (TPSA) is 17.1 Å². The van der Waals surface area contributed by atoms with Crippen molar-refractivity contribution in [1.82, 2.24) is 0 Å². The largest absolute Gasteiger partial charge is 0.299 e. The molecule has 0 spiro atoms. The molecule has 0 amide bonds. The SMILES string of the molecule is O=C1C[C@@H]2C=C[C@@H]3C=C[C@H]1C32. The van der Waals surface area contributed by atoms with E-state index in [1.54, 1.807) is 0 Å². The summed E-state index contributed by atoms with van der Waals surface area (Å²) >= 11 is 0. The van der Waals surface area contributed by atoms with Crippen molar-refractivity contribution in [3.05, 3.63) is 24.3 Å². The summed E-state index contributed by atoms with van der Waals surface area (Å²) in [6.07, 6.45) is 9.60. The maximum absolute atomic E-state index is 11.4. The second-order valence-corrected chi connectivity index (χ2v) is 3.78. The Balaban J connectivity index is 2.10. The lowest BCUT2D eigenvalue weighted by Crippen LogP contribution is -2.12. The smallest absolute Gasteiger partial charge is 0.140 e. The Kier molecular flexibility index (Phi) is 0.867. The number of hydrogen-bond donors (Lipinski definition) is 0. The van der Waals surface area contributed by atoms with E-state index >= 15 is 0 Å². The highest BCUT2D eigenvalue weighted by Gasteiger charge is 2.47. The summed E-state index contributed by atoms with van der Waals surface area (Å²) in [5.41, 5.74) is 0. The lowest BCUT2D eigenvalue weighted by Gasteiger charge is -2.12. The number of carbonyl (C=O) groups is 1. The third kappa shape index (κ3) is 0.550. The lowest BCUT2D eigenvalue weighted by atomic mass is 9.90. The first kappa shape index (κ1) is 5.76. The van der Waals surface area contributed by atoms with Crippen molar-refractivity contribution >= 4 is 5.78 Å². The van der Waals surface area contributed by atoms with Gasteiger partial charge in [0, 0.05) is 12.3 Å². The van der Waals surface area contributed by atoms with Gasteiger partial charge in [-0.1, -0.05) is 24.3 Å². The Hall–Kier alpha value is -0.850. The fraction of sp³-hybridized carbons (Fsp3) is 0.500. The lowest BCUT2D eigenvalue weighted by molar-refractivity contribution is -0.119. The van der Waals surface area contributed by atoms with Gasteiger partial charge in [-0.05, 0) is 17.8 Å². The molecule has 0 bridgehead atoms. The van der Waals surface area contributed by atoms with Crippen LogP contribution in [0.3, 0.4) is 0 Å². The molecule has 1 saturated carbocycles. The molecular formula is C10H10O. The van der Waals surface area contributed by atoms with Crippen molar-refractivity contribution in [2.24, 2.45) is 23.7 Å². The van der Waals surface area contributed by atoms with Crippen molar-refractivity contribution in [3.63, 3.8) is 0 Å². The van der Waals surface area contributed by atoms with Crippen LogP contribution in [0.1, 0.15) is 6.42 Å². The quantitative estimate of drug-likeness (QED) is 0.474. The molecule has 0 N–H and O–H groups in total. The van der Waals surface area contributed by atoms with Gasteiger partial charge in [0.15, 0.2) is 0 Å². The number of Topliss-reactive ketones (excluding diaryl/α,β-unsaturated/α-hetero) is 1. The highest BCUT2D eigenvalue weighted by molar-refractivity contribution is 5.87. The highest BCUT2D eigenvalue weighted by atomic mass is 16.1. The monoisotopic (exact) mass is 146 g/mol. The van der Waals surface area contributed by atoms with Crippen LogP contribution in [0.2, 0.25) is 0 Å². The fourth-order valence-electron chi connectivity index (χ4n) is 2.78. The van der Waals surface area contributed by atoms with Crippen LogP contribution >= 0.6 is 0 Å². The molecule has 0 heterocycles. The van der Waals surface area contributed by atoms with E-state index in [0.29, 0.717) is 23.5 Å². The summed E-state index contributed by atoms with van der Waals surface area (Å²) in [6.45, 7) is 0. The Morgan fingerprint density at radius 1 is 1.18 bits per heavy atom. The van der Waals surface area contributed by atoms with Crippen LogP contribution in [0.25, 0.3) is 0 Å². The third-order valence-corrected chi connectivity index (χ3v) is 3.28. The molecule has 1 fully saturated rings. The van der Waals surface area contributed by atoms with Gasteiger partial charge in [-0.3, -0.25) is 4.79 Å². The average Bonchev–Trinajstić information content (AvgIpc) is 2.53. The molecule has 0 aromatic carbocycles. The number of ketones is 1. The van der Waals surface area contributed by atoms with Crippen LogP contribution in [-0.2, 0) is 4.79 Å². The van der Waals surface area contributed by atoms with E-state index in [1.807, 2.05) is 0 Å². The molecule has 11 heavy (non-hydrogen) atoms. The summed E-state index contributed by atoms with van der Waals surface area (Å²) in [4.78, 5) is 11.4. The molecule has 3 aliphatic rings. The molecular weight excluding hydrogens is 136 g/mol. The maximum atomic E-state index is 11.4. The fourth-order valence-corrected chi connectivity index (χ4v) is 2.78. The van der Waals surface area contributed by atoms with Crippen molar-refractivity contribution in [1.29, 1.82) is 0 Å². The second-order valence-electron chi connectivity index (χ2n) is 3.78. The Morgan fingerprint density at radius 3 is 2.91 bits per heavy atom. The van der Waals surface area contributed by atoms with E-state index in [1.165, 1.54) is 0 Å². The predicted octanol–water partition coefficient (Wildman–Crippen LogP) is 1.56. The van der Waals surface area contributed by atoms with E-state index in [-0.39, 0.29) is 5.92 Å². The summed E-state index contributed by atoms with van der Waals surface area (Å²) in [5.74, 6) is 2.54. The zero-order valence-electron chi connectivity index (χ0n) is 6.23. The molecule has 0 radical (unpaired) electrons. The zero-order valence-corrected chi connectivity index (χ0v) is 6.23. The first-order valence-electron chi connectivity index (χ1n) is 4.25. The molecule has 0 saturated heterocycles. The molecule has 3 aliphatic carbocycles. The number of hydrogen-bond acceptors (Lipinski definition) is 1. The van der Waals surface area contributed by atoms with Crippen molar-refractivity contribution in [3.8, 4) is 0 Å². The minimum Gasteiger partial charge on any atom is -0.299 e. The van der Waals surface area contributed by atoms with Crippen molar-refractivity contribution in [2.75, 3.05) is 0 Å². The van der Waals surface area contributed by atoms with Gasteiger partial charge in [0.2, 0.25) is 0 Å². The van der Waals surface area contributed by atoms with Crippen LogP contribution in [0.5, 0.6) is 0 Å². The molecule has 1 nitrogen and oxygen atoms in total. The summed E-state index contributed by atoms with van der Waals surface area (Å²) in [6, 6.07) is 0. The molecule has 0 aromatic rings. The highest BCUT2D eigenvalue weighted by Crippen LogP contribution is 2.49. The zero-order chi connectivity index (χ0) is 7.42. The van der Waals surface area contributed by atoms with Crippen LogP contribution < -0.4 is 0 Å². The van der Waals surface area contributed by atoms with Gasteiger partial charge in [-0.25, -0.2) is 0 Å². The van der Waals surface area contributed by atoms with Gasteiger partial charge in [0.1, 0.15) is 5.78 Å². The Labute approximate surface area is 65.8 Å². The van der Waals surface area contributed by atoms with Gasteiger partial charge in [0.05, 0.1) is 0 Å². The molecule has 3 rings (SSSR count). The number of carbonyl (C=O) groups excluding carboxylic acids is 1. The molecule has 1 heteroatoms. The second kappa shape index (κ2) is 1.66. The first-order chi connectivity index (χ1) is 5.36. The van der Waals surface area contributed by atoms with E-state index < -0.39 is 0 Å². The predicted molar refractivity (Wildman–Crippen MR) is 41.9 cm³/mol. The van der Waals surface area contributed by atoms with Gasteiger partial charge in [0.25, 0.3) is 0 Å². The summed E-state index contributed by atoms with van der Waals surface area (Å²) < 4.78 is 0. The van der Waals surface area contributed by atoms with Crippen LogP contribution in [-0.4, -0.2) is 5.78 Å². The van der Waals surface area contributed by atoms with Crippen LogP contribution in [0.15, 0.2) is 24.3 Å². The number of rotatable bonds is 0. The first-order valence-corrected chi connectivity index (χ1v) is 4.25.